The van der Waals surface area contributed by atoms with Crippen LogP contribution in [0, 0.1) is 0 Å². The Morgan fingerprint density at radius 1 is 1.41 bits per heavy atom. The molecule has 0 amide bonds. The molecule has 1 aliphatic rings. The number of nitrogens with zero attached hydrogens (tertiary/aromatic N) is 2. The van der Waals surface area contributed by atoms with Crippen molar-refractivity contribution in [1.29, 1.82) is 0 Å². The molecule has 17 heavy (non-hydrogen) atoms. The van der Waals surface area contributed by atoms with E-state index >= 15 is 0 Å². The monoisotopic (exact) mass is 251 g/mol. The van der Waals surface area contributed by atoms with Crippen LogP contribution in [-0.2, 0) is 6.54 Å². The zero-order valence-corrected chi connectivity index (χ0v) is 11.3. The molecule has 0 spiro atoms. The molecule has 1 aliphatic heterocycles. The largest absolute Gasteiger partial charge is 0.370 e. The smallest absolute Gasteiger partial charge is 0.0443 e. The predicted octanol–water partition coefficient (Wildman–Crippen LogP) is 2.13. The molecule has 0 radical (unpaired) electrons. The van der Waals surface area contributed by atoms with Crippen LogP contribution >= 0.6 is 11.8 Å². The van der Waals surface area contributed by atoms with Gasteiger partial charge in [-0.2, -0.15) is 11.8 Å². The topological polar surface area (TPSA) is 28.2 Å². The molecule has 0 atom stereocenters. The van der Waals surface area contributed by atoms with Crippen LogP contribution < -0.4 is 10.2 Å². The molecule has 3 nitrogen and oxygen atoms in total. The van der Waals surface area contributed by atoms with Gasteiger partial charge in [-0.05, 0) is 24.8 Å². The molecule has 4 heteroatoms. The van der Waals surface area contributed by atoms with Gasteiger partial charge in [0.05, 0.1) is 0 Å². The first-order valence-corrected chi connectivity index (χ1v) is 7.53. The lowest BCUT2D eigenvalue weighted by molar-refractivity contribution is 0.716. The molecule has 2 heterocycles. The Morgan fingerprint density at radius 2 is 2.35 bits per heavy atom. The maximum Gasteiger partial charge on any atom is 0.0443 e. The molecule has 94 valence electrons. The third-order valence-corrected chi connectivity index (χ3v) is 4.05. The maximum atomic E-state index is 4.24. The van der Waals surface area contributed by atoms with Crippen molar-refractivity contribution in [1.82, 2.24) is 10.3 Å². The van der Waals surface area contributed by atoms with Gasteiger partial charge < -0.3 is 10.2 Å². The average Bonchev–Trinajstić information content (AvgIpc) is 2.65. The summed E-state index contributed by atoms with van der Waals surface area (Å²) in [5.74, 6) is 2.53. The Balaban J connectivity index is 2.11. The second-order valence-corrected chi connectivity index (χ2v) is 5.46. The molecule has 1 aromatic rings. The van der Waals surface area contributed by atoms with Gasteiger partial charge in [0, 0.05) is 49.0 Å². The van der Waals surface area contributed by atoms with Crippen LogP contribution in [0.4, 0.5) is 5.69 Å². The summed E-state index contributed by atoms with van der Waals surface area (Å²) >= 11 is 2.06. The standard InChI is InChI=1S/C13H21N3S/c1-2-14-10-12-11-15-5-4-13(12)16-6-3-8-17-9-7-16/h4-5,11,14H,2-3,6-10H2,1H3. The van der Waals surface area contributed by atoms with E-state index in [1.165, 1.54) is 35.7 Å². The third-order valence-electron chi connectivity index (χ3n) is 3.01. The minimum Gasteiger partial charge on any atom is -0.370 e. The number of hydrogen-bond acceptors (Lipinski definition) is 4. The molecule has 1 N–H and O–H groups in total. The van der Waals surface area contributed by atoms with E-state index in [-0.39, 0.29) is 0 Å². The summed E-state index contributed by atoms with van der Waals surface area (Å²) in [5, 5.41) is 3.39. The normalized spacial score (nSPS) is 16.9. The van der Waals surface area contributed by atoms with Crippen molar-refractivity contribution >= 4 is 17.4 Å². The van der Waals surface area contributed by atoms with Crippen LogP contribution in [0.3, 0.4) is 0 Å². The van der Waals surface area contributed by atoms with Crippen LogP contribution in [0.5, 0.6) is 0 Å². The van der Waals surface area contributed by atoms with Gasteiger partial charge >= 0.3 is 0 Å². The van der Waals surface area contributed by atoms with Gasteiger partial charge in [-0.1, -0.05) is 6.92 Å². The number of anilines is 1. The highest BCUT2D eigenvalue weighted by Gasteiger charge is 2.13. The third kappa shape index (κ3) is 3.61. The Labute approximate surface area is 108 Å². The lowest BCUT2D eigenvalue weighted by Crippen LogP contribution is -2.27. The van der Waals surface area contributed by atoms with Crippen molar-refractivity contribution in [3.8, 4) is 0 Å². The fraction of sp³-hybridized carbons (Fsp3) is 0.615. The molecular formula is C13H21N3S. The molecule has 2 rings (SSSR count). The minimum absolute atomic E-state index is 0.920. The summed E-state index contributed by atoms with van der Waals surface area (Å²) in [4.78, 5) is 6.75. The van der Waals surface area contributed by atoms with Crippen molar-refractivity contribution in [2.45, 2.75) is 19.9 Å². The summed E-state index contributed by atoms with van der Waals surface area (Å²) in [5.41, 5.74) is 2.68. The zero-order valence-electron chi connectivity index (χ0n) is 10.5. The predicted molar refractivity (Wildman–Crippen MR) is 75.8 cm³/mol. The number of hydrogen-bond donors (Lipinski definition) is 1. The summed E-state index contributed by atoms with van der Waals surface area (Å²) in [6.07, 6.45) is 5.19. The first-order chi connectivity index (χ1) is 8.42. The highest BCUT2D eigenvalue weighted by molar-refractivity contribution is 7.99. The Kier molecular flexibility index (Phi) is 5.13. The van der Waals surface area contributed by atoms with E-state index in [0.717, 1.165) is 19.6 Å². The number of rotatable bonds is 4. The Bertz CT molecular complexity index is 335. The Morgan fingerprint density at radius 3 is 3.24 bits per heavy atom. The number of aromatic nitrogens is 1. The first-order valence-electron chi connectivity index (χ1n) is 6.38. The van der Waals surface area contributed by atoms with Gasteiger partial charge in [-0.15, -0.1) is 0 Å². The summed E-state index contributed by atoms with van der Waals surface area (Å²) in [6.45, 7) is 6.40. The quantitative estimate of drug-likeness (QED) is 0.887. The zero-order chi connectivity index (χ0) is 11.9. The van der Waals surface area contributed by atoms with E-state index in [2.05, 4.69) is 40.0 Å². The van der Waals surface area contributed by atoms with E-state index < -0.39 is 0 Å². The van der Waals surface area contributed by atoms with Gasteiger partial charge in [0.2, 0.25) is 0 Å². The molecular weight excluding hydrogens is 230 g/mol. The number of pyridine rings is 1. The molecule has 0 unspecified atom stereocenters. The van der Waals surface area contributed by atoms with Crippen LogP contribution in [-0.4, -0.2) is 36.1 Å². The van der Waals surface area contributed by atoms with Crippen LogP contribution in [0.25, 0.3) is 0 Å². The van der Waals surface area contributed by atoms with E-state index in [0.29, 0.717) is 0 Å². The molecule has 1 saturated heterocycles. The Hall–Kier alpha value is -0.740. The van der Waals surface area contributed by atoms with Crippen molar-refractivity contribution in [3.05, 3.63) is 24.0 Å². The lowest BCUT2D eigenvalue weighted by Gasteiger charge is -2.25. The van der Waals surface area contributed by atoms with Gasteiger partial charge in [0.15, 0.2) is 0 Å². The molecule has 0 saturated carbocycles. The lowest BCUT2D eigenvalue weighted by atomic mass is 10.2. The van der Waals surface area contributed by atoms with E-state index in [9.17, 15) is 0 Å². The molecule has 0 bridgehead atoms. The highest BCUT2D eigenvalue weighted by Crippen LogP contribution is 2.22. The van der Waals surface area contributed by atoms with E-state index in [1.807, 2.05) is 12.4 Å². The van der Waals surface area contributed by atoms with E-state index in [1.54, 1.807) is 0 Å². The maximum absolute atomic E-state index is 4.24. The van der Waals surface area contributed by atoms with Gasteiger partial charge in [-0.25, -0.2) is 0 Å². The molecule has 0 aromatic carbocycles. The van der Waals surface area contributed by atoms with Crippen LogP contribution in [0.1, 0.15) is 18.9 Å². The summed E-state index contributed by atoms with van der Waals surface area (Å²) in [7, 11) is 0. The second-order valence-electron chi connectivity index (χ2n) is 4.24. The SMILES string of the molecule is CCNCc1cnccc1N1CCCSCC1. The number of nitrogens with one attached hydrogen (secondary N) is 1. The van der Waals surface area contributed by atoms with Crippen molar-refractivity contribution in [3.63, 3.8) is 0 Å². The molecule has 1 fully saturated rings. The second kappa shape index (κ2) is 6.87. The molecule has 1 aromatic heterocycles. The fourth-order valence-electron chi connectivity index (χ4n) is 2.11. The van der Waals surface area contributed by atoms with Gasteiger partial charge in [0.25, 0.3) is 0 Å². The number of thioether (sulfide) groups is 1. The van der Waals surface area contributed by atoms with Crippen molar-refractivity contribution in [2.75, 3.05) is 36.0 Å². The fourth-order valence-corrected chi connectivity index (χ4v) is 3.00. The van der Waals surface area contributed by atoms with Crippen LogP contribution in [0.15, 0.2) is 18.5 Å². The van der Waals surface area contributed by atoms with Gasteiger partial charge in [0.1, 0.15) is 0 Å². The minimum atomic E-state index is 0.920. The highest BCUT2D eigenvalue weighted by atomic mass is 32.2. The van der Waals surface area contributed by atoms with Gasteiger partial charge in [-0.3, -0.25) is 4.98 Å². The first kappa shape index (κ1) is 12.7. The summed E-state index contributed by atoms with van der Waals surface area (Å²) < 4.78 is 0. The van der Waals surface area contributed by atoms with Crippen molar-refractivity contribution in [2.24, 2.45) is 0 Å². The van der Waals surface area contributed by atoms with Crippen LogP contribution in [0.2, 0.25) is 0 Å². The molecule has 0 aliphatic carbocycles. The van der Waals surface area contributed by atoms with E-state index in [4.69, 9.17) is 0 Å². The van der Waals surface area contributed by atoms with Crippen molar-refractivity contribution < 1.29 is 0 Å². The summed E-state index contributed by atoms with van der Waals surface area (Å²) in [6, 6.07) is 2.16. The average molecular weight is 251 g/mol.